The zero-order chi connectivity index (χ0) is 27.0. The van der Waals surface area contributed by atoms with Gasteiger partial charge in [-0.15, -0.1) is 0 Å². The molecule has 0 aromatic heterocycles. The highest BCUT2D eigenvalue weighted by atomic mass is 16.6. The van der Waals surface area contributed by atoms with Crippen molar-refractivity contribution in [1.82, 2.24) is 4.90 Å². The monoisotopic (exact) mass is 527 g/mol. The Balaban J connectivity index is 1.46. The number of para-hydroxylation sites is 1. The Morgan fingerprint density at radius 3 is 2.26 bits per heavy atom. The van der Waals surface area contributed by atoms with Crippen LogP contribution in [0.25, 0.3) is 0 Å². The number of carbonyl (C=O) groups excluding carboxylic acids is 1. The summed E-state index contributed by atoms with van der Waals surface area (Å²) in [5.41, 5.74) is 0.855. The van der Waals surface area contributed by atoms with Crippen LogP contribution in [-0.4, -0.2) is 67.2 Å². The normalized spacial score (nSPS) is 14.4. The minimum Gasteiger partial charge on any atom is -0.494 e. The summed E-state index contributed by atoms with van der Waals surface area (Å²) in [6, 6.07) is 17.0. The number of aliphatic carboxylic acids is 1. The van der Waals surface area contributed by atoms with Gasteiger partial charge in [0.15, 0.2) is 6.10 Å². The first kappa shape index (κ1) is 29.3. The molecule has 3 rings (SSSR count). The molecule has 1 aliphatic carbocycles. The van der Waals surface area contributed by atoms with Crippen LogP contribution in [0.15, 0.2) is 54.6 Å². The first-order chi connectivity index (χ1) is 18.5. The van der Waals surface area contributed by atoms with E-state index in [0.717, 1.165) is 49.8 Å². The molecule has 0 saturated heterocycles. The van der Waals surface area contributed by atoms with E-state index in [0.29, 0.717) is 38.7 Å². The predicted molar refractivity (Wildman–Crippen MR) is 145 cm³/mol. The van der Waals surface area contributed by atoms with Crippen LogP contribution in [0.5, 0.6) is 11.5 Å². The number of unbranched alkanes of at least 4 members (excludes halogenated alkanes) is 1. The molecular formula is C30H41NO7. The Labute approximate surface area is 225 Å². The molecule has 8 nitrogen and oxygen atoms in total. The fourth-order valence-corrected chi connectivity index (χ4v) is 4.43. The second-order valence-electron chi connectivity index (χ2n) is 9.48. The molecule has 0 aliphatic heterocycles. The molecule has 1 amide bonds. The Morgan fingerprint density at radius 1 is 0.895 bits per heavy atom. The first-order valence-electron chi connectivity index (χ1n) is 13.7. The lowest BCUT2D eigenvalue weighted by Gasteiger charge is -2.27. The van der Waals surface area contributed by atoms with Gasteiger partial charge in [0.2, 0.25) is 0 Å². The van der Waals surface area contributed by atoms with Crippen molar-refractivity contribution in [1.29, 1.82) is 0 Å². The molecule has 8 heteroatoms. The van der Waals surface area contributed by atoms with Crippen molar-refractivity contribution in [3.8, 4) is 11.5 Å². The van der Waals surface area contributed by atoms with E-state index in [2.05, 4.69) is 0 Å². The predicted octanol–water partition coefficient (Wildman–Crippen LogP) is 5.73. The number of carboxylic acid groups (broad SMARTS) is 1. The summed E-state index contributed by atoms with van der Waals surface area (Å²) in [6.07, 6.45) is 6.03. The van der Waals surface area contributed by atoms with Crippen molar-refractivity contribution in [2.75, 3.05) is 32.9 Å². The lowest BCUT2D eigenvalue weighted by atomic mass is 9.98. The van der Waals surface area contributed by atoms with Crippen LogP contribution in [0, 0.1) is 0 Å². The number of carbonyl (C=O) groups is 2. The van der Waals surface area contributed by atoms with Gasteiger partial charge in [0.25, 0.3) is 0 Å². The minimum absolute atomic E-state index is 0.0000529. The number of hydrogen-bond donors (Lipinski definition) is 1. The van der Waals surface area contributed by atoms with Gasteiger partial charge in [-0.05, 0) is 75.3 Å². The fraction of sp³-hybridized carbons (Fsp3) is 0.533. The molecule has 1 N–H and O–H groups in total. The molecular weight excluding hydrogens is 486 g/mol. The Hall–Kier alpha value is -3.26. The summed E-state index contributed by atoms with van der Waals surface area (Å²) in [6.45, 7) is 4.02. The Morgan fingerprint density at radius 2 is 1.58 bits per heavy atom. The molecule has 0 bridgehead atoms. The van der Waals surface area contributed by atoms with Crippen molar-refractivity contribution in [3.05, 3.63) is 60.2 Å². The molecule has 1 atom stereocenters. The van der Waals surface area contributed by atoms with Crippen LogP contribution in [-0.2, 0) is 20.7 Å². The lowest BCUT2D eigenvalue weighted by Crippen LogP contribution is -2.38. The highest BCUT2D eigenvalue weighted by molar-refractivity contribution is 5.72. The van der Waals surface area contributed by atoms with E-state index >= 15 is 0 Å². The average Bonchev–Trinajstić information content (AvgIpc) is 2.93. The molecule has 0 heterocycles. The number of amides is 1. The number of benzene rings is 2. The van der Waals surface area contributed by atoms with Crippen molar-refractivity contribution >= 4 is 12.1 Å². The third kappa shape index (κ3) is 10.6. The van der Waals surface area contributed by atoms with Gasteiger partial charge < -0.3 is 29.0 Å². The topological polar surface area (TPSA) is 94.5 Å². The van der Waals surface area contributed by atoms with Gasteiger partial charge in [0.1, 0.15) is 24.2 Å². The number of hydrogen-bond acceptors (Lipinski definition) is 6. The lowest BCUT2D eigenvalue weighted by molar-refractivity contribution is -0.149. The van der Waals surface area contributed by atoms with Crippen molar-refractivity contribution in [3.63, 3.8) is 0 Å². The van der Waals surface area contributed by atoms with E-state index in [9.17, 15) is 14.7 Å². The van der Waals surface area contributed by atoms with Crippen LogP contribution in [0.1, 0.15) is 57.4 Å². The molecule has 0 radical (unpaired) electrons. The number of nitrogens with zero attached hydrogens (tertiary/aromatic N) is 1. The summed E-state index contributed by atoms with van der Waals surface area (Å²) < 4.78 is 22.8. The highest BCUT2D eigenvalue weighted by Gasteiger charge is 2.22. The van der Waals surface area contributed by atoms with Gasteiger partial charge in [-0.3, -0.25) is 0 Å². The molecule has 2 aromatic rings. The number of carboxylic acids is 1. The number of rotatable bonds is 16. The van der Waals surface area contributed by atoms with E-state index in [1.165, 1.54) is 6.42 Å². The third-order valence-electron chi connectivity index (χ3n) is 6.53. The summed E-state index contributed by atoms with van der Waals surface area (Å²) in [5, 5.41) is 9.28. The largest absolute Gasteiger partial charge is 0.494 e. The molecule has 2 aromatic carbocycles. The van der Waals surface area contributed by atoms with E-state index in [-0.39, 0.29) is 18.6 Å². The maximum Gasteiger partial charge on any atom is 0.410 e. The second-order valence-corrected chi connectivity index (χ2v) is 9.48. The summed E-state index contributed by atoms with van der Waals surface area (Å²) in [7, 11) is 0. The van der Waals surface area contributed by atoms with E-state index < -0.39 is 12.1 Å². The zero-order valence-electron chi connectivity index (χ0n) is 22.4. The minimum atomic E-state index is -0.973. The average molecular weight is 528 g/mol. The molecule has 0 spiro atoms. The standard InChI is InChI=1S/C30H41NO7/c1-2-35-28(29(32)33)23-24-15-17-26(18-16-24)37-22-20-31(30(34)38-27-13-7-4-8-14-27)19-9-10-21-36-25-11-5-3-6-12-25/h3,5-6,11-12,15-18,27-28H,2,4,7-10,13-14,19-23H2,1H3,(H,32,33). The maximum atomic E-state index is 13.0. The molecule has 1 saturated carbocycles. The smallest absolute Gasteiger partial charge is 0.410 e. The van der Waals surface area contributed by atoms with Crippen molar-refractivity contribution in [2.45, 2.75) is 70.5 Å². The molecule has 1 aliphatic rings. The van der Waals surface area contributed by atoms with Crippen molar-refractivity contribution < 1.29 is 33.6 Å². The van der Waals surface area contributed by atoms with Gasteiger partial charge >= 0.3 is 12.1 Å². The van der Waals surface area contributed by atoms with Crippen molar-refractivity contribution in [2.24, 2.45) is 0 Å². The van der Waals surface area contributed by atoms with Crippen LogP contribution >= 0.6 is 0 Å². The van der Waals surface area contributed by atoms with Crippen LogP contribution in [0.4, 0.5) is 4.79 Å². The van der Waals surface area contributed by atoms with Gasteiger partial charge in [-0.1, -0.05) is 36.8 Å². The Bertz CT molecular complexity index is 945. The van der Waals surface area contributed by atoms with E-state index in [1.54, 1.807) is 11.8 Å². The van der Waals surface area contributed by atoms with E-state index in [1.807, 2.05) is 54.6 Å². The summed E-state index contributed by atoms with van der Waals surface area (Å²) in [4.78, 5) is 26.0. The zero-order valence-corrected chi connectivity index (χ0v) is 22.4. The van der Waals surface area contributed by atoms with Gasteiger partial charge in [-0.2, -0.15) is 0 Å². The SMILES string of the molecule is CCOC(Cc1ccc(OCCN(CCCCOc2ccccc2)C(=O)OC2CCCCC2)cc1)C(=O)O. The Kier molecular flexibility index (Phi) is 12.8. The van der Waals surface area contributed by atoms with Crippen LogP contribution in [0.3, 0.4) is 0 Å². The van der Waals surface area contributed by atoms with Crippen LogP contribution < -0.4 is 9.47 Å². The number of ether oxygens (including phenoxy) is 4. The maximum absolute atomic E-state index is 13.0. The molecule has 1 fully saturated rings. The highest BCUT2D eigenvalue weighted by Crippen LogP contribution is 2.21. The van der Waals surface area contributed by atoms with Gasteiger partial charge in [0.05, 0.1) is 13.2 Å². The first-order valence-corrected chi connectivity index (χ1v) is 13.7. The molecule has 1 unspecified atom stereocenters. The van der Waals surface area contributed by atoms with E-state index in [4.69, 9.17) is 18.9 Å². The quantitative estimate of drug-likeness (QED) is 0.279. The van der Waals surface area contributed by atoms with Gasteiger partial charge in [0, 0.05) is 19.6 Å². The van der Waals surface area contributed by atoms with Gasteiger partial charge in [-0.25, -0.2) is 9.59 Å². The van der Waals surface area contributed by atoms with Crippen LogP contribution in [0.2, 0.25) is 0 Å². The molecule has 208 valence electrons. The fourth-order valence-electron chi connectivity index (χ4n) is 4.43. The third-order valence-corrected chi connectivity index (χ3v) is 6.53. The molecule has 38 heavy (non-hydrogen) atoms. The summed E-state index contributed by atoms with van der Waals surface area (Å²) in [5.74, 6) is 0.532. The second kappa shape index (κ2) is 16.6. The summed E-state index contributed by atoms with van der Waals surface area (Å²) >= 11 is 0.